The van der Waals surface area contributed by atoms with Crippen molar-refractivity contribution in [2.24, 2.45) is 13.0 Å². The van der Waals surface area contributed by atoms with Crippen LogP contribution in [0.2, 0.25) is 0 Å². The van der Waals surface area contributed by atoms with Crippen LogP contribution in [0, 0.1) is 5.92 Å². The summed E-state index contributed by atoms with van der Waals surface area (Å²) in [5.74, 6) is 2.46. The summed E-state index contributed by atoms with van der Waals surface area (Å²) in [7, 11) is 2.01. The lowest BCUT2D eigenvalue weighted by atomic mass is 9.83. The average molecular weight is 549 g/mol. The smallest absolute Gasteiger partial charge is 0.275 e. The molecule has 1 aromatic carbocycles. The van der Waals surface area contributed by atoms with E-state index in [4.69, 9.17) is 19.7 Å². The number of fused-ring (bicyclic) bond motifs is 2. The maximum absolute atomic E-state index is 13.4. The highest BCUT2D eigenvalue weighted by Crippen LogP contribution is 2.31. The second-order valence-corrected chi connectivity index (χ2v) is 12.0. The van der Waals surface area contributed by atoms with Gasteiger partial charge in [0.25, 0.3) is 11.5 Å². The number of ether oxygens (including phenoxy) is 1. The van der Waals surface area contributed by atoms with Crippen LogP contribution >= 0.6 is 0 Å². The van der Waals surface area contributed by atoms with E-state index in [-0.39, 0.29) is 11.6 Å². The Hall–Kier alpha value is -3.28. The molecule has 214 valence electrons. The standard InChI is InChI=1S/C29H40N8O3/c1-19(2)36-27(38)21-8-6-7-9-22(21)37(36)28-31-25-24(26(32-28)35-14-16-40-17-15-35)30-23(33(25)5)18-34-12-10-20(11-13-34)29(3,4)39/h6-9,19-20,39H,10-18H2,1-5H3. The van der Waals surface area contributed by atoms with Gasteiger partial charge in [0.15, 0.2) is 17.0 Å². The quantitative estimate of drug-likeness (QED) is 0.392. The summed E-state index contributed by atoms with van der Waals surface area (Å²) in [5.41, 5.74) is 1.59. The zero-order valence-electron chi connectivity index (χ0n) is 24.2. The highest BCUT2D eigenvalue weighted by Gasteiger charge is 2.31. The number of piperidine rings is 1. The Morgan fingerprint density at radius 3 is 2.42 bits per heavy atom. The monoisotopic (exact) mass is 548 g/mol. The van der Waals surface area contributed by atoms with Gasteiger partial charge in [0.05, 0.1) is 36.3 Å². The van der Waals surface area contributed by atoms with Gasteiger partial charge in [-0.15, -0.1) is 0 Å². The van der Waals surface area contributed by atoms with E-state index in [1.165, 1.54) is 0 Å². The molecule has 2 aliphatic heterocycles. The molecule has 2 fully saturated rings. The maximum Gasteiger partial charge on any atom is 0.275 e. The van der Waals surface area contributed by atoms with Crippen LogP contribution in [0.3, 0.4) is 0 Å². The number of nitrogens with zero attached hydrogens (tertiary/aromatic N) is 8. The Morgan fingerprint density at radius 1 is 1.05 bits per heavy atom. The topological polar surface area (TPSA) is 106 Å². The first-order valence-electron chi connectivity index (χ1n) is 14.4. The van der Waals surface area contributed by atoms with Crippen LogP contribution in [0.4, 0.5) is 5.82 Å². The van der Waals surface area contributed by atoms with Crippen molar-refractivity contribution in [3.8, 4) is 5.95 Å². The molecule has 11 heteroatoms. The number of para-hydroxylation sites is 1. The number of aryl methyl sites for hydroxylation is 1. The van der Waals surface area contributed by atoms with Crippen LogP contribution in [0.15, 0.2) is 29.1 Å². The van der Waals surface area contributed by atoms with E-state index < -0.39 is 5.60 Å². The first-order chi connectivity index (χ1) is 19.1. The molecule has 5 heterocycles. The molecule has 0 amide bonds. The van der Waals surface area contributed by atoms with E-state index in [2.05, 4.69) is 14.4 Å². The fourth-order valence-electron chi connectivity index (χ4n) is 6.15. The molecule has 6 rings (SSSR count). The number of aromatic nitrogens is 6. The summed E-state index contributed by atoms with van der Waals surface area (Å²) in [5, 5.41) is 11.1. The molecule has 2 aliphatic rings. The van der Waals surface area contributed by atoms with Gasteiger partial charge in [-0.3, -0.25) is 9.69 Å². The van der Waals surface area contributed by atoms with Gasteiger partial charge in [-0.05, 0) is 71.7 Å². The van der Waals surface area contributed by atoms with Crippen molar-refractivity contribution in [1.82, 2.24) is 33.8 Å². The van der Waals surface area contributed by atoms with Gasteiger partial charge >= 0.3 is 0 Å². The Labute approximate surface area is 234 Å². The summed E-state index contributed by atoms with van der Waals surface area (Å²) >= 11 is 0. The minimum absolute atomic E-state index is 0.0534. The highest BCUT2D eigenvalue weighted by atomic mass is 16.5. The fourth-order valence-corrected chi connectivity index (χ4v) is 6.15. The average Bonchev–Trinajstić information content (AvgIpc) is 3.42. The number of imidazole rings is 1. The first kappa shape index (κ1) is 26.9. The Balaban J connectivity index is 1.46. The van der Waals surface area contributed by atoms with Gasteiger partial charge in [0.1, 0.15) is 5.82 Å². The summed E-state index contributed by atoms with van der Waals surface area (Å²) in [6.07, 6.45) is 1.92. The van der Waals surface area contributed by atoms with E-state index in [0.717, 1.165) is 54.3 Å². The van der Waals surface area contributed by atoms with E-state index in [1.54, 1.807) is 4.68 Å². The van der Waals surface area contributed by atoms with Crippen LogP contribution < -0.4 is 10.5 Å². The molecule has 1 N–H and O–H groups in total. The number of hydrogen-bond acceptors (Lipinski definition) is 8. The summed E-state index contributed by atoms with van der Waals surface area (Å²) in [6, 6.07) is 7.55. The Bertz CT molecular complexity index is 1580. The molecule has 40 heavy (non-hydrogen) atoms. The van der Waals surface area contributed by atoms with Gasteiger partial charge < -0.3 is 19.3 Å². The molecule has 2 saturated heterocycles. The van der Waals surface area contributed by atoms with Crippen molar-refractivity contribution >= 4 is 27.9 Å². The SMILES string of the molecule is CC(C)n1c(=O)c2ccccc2n1-c1nc(N2CCOCC2)c2nc(CN3CCC(C(C)(C)O)CC3)n(C)c2n1. The minimum atomic E-state index is -0.650. The van der Waals surface area contributed by atoms with Crippen LogP contribution in [0.1, 0.15) is 52.4 Å². The number of likely N-dealkylation sites (tertiary alicyclic amines) is 1. The zero-order valence-corrected chi connectivity index (χ0v) is 24.2. The van der Waals surface area contributed by atoms with Crippen molar-refractivity contribution in [1.29, 1.82) is 0 Å². The van der Waals surface area contributed by atoms with Crippen molar-refractivity contribution in [3.05, 3.63) is 40.4 Å². The largest absolute Gasteiger partial charge is 0.390 e. The fraction of sp³-hybridized carbons (Fsp3) is 0.586. The van der Waals surface area contributed by atoms with Crippen molar-refractivity contribution in [2.75, 3.05) is 44.3 Å². The van der Waals surface area contributed by atoms with Gasteiger partial charge in [-0.25, -0.2) is 14.3 Å². The third-order valence-corrected chi connectivity index (χ3v) is 8.51. The zero-order chi connectivity index (χ0) is 28.2. The predicted octanol–water partition coefficient (Wildman–Crippen LogP) is 2.87. The molecule has 0 atom stereocenters. The molecular weight excluding hydrogens is 508 g/mol. The van der Waals surface area contributed by atoms with Crippen molar-refractivity contribution in [2.45, 2.75) is 58.7 Å². The van der Waals surface area contributed by atoms with Crippen LogP contribution in [-0.4, -0.2) is 83.9 Å². The van der Waals surface area contributed by atoms with Crippen LogP contribution in [0.25, 0.3) is 28.0 Å². The summed E-state index contributed by atoms with van der Waals surface area (Å²) in [6.45, 7) is 13.0. The Morgan fingerprint density at radius 2 is 1.75 bits per heavy atom. The van der Waals surface area contributed by atoms with Crippen molar-refractivity contribution < 1.29 is 9.84 Å². The van der Waals surface area contributed by atoms with Crippen molar-refractivity contribution in [3.63, 3.8) is 0 Å². The highest BCUT2D eigenvalue weighted by molar-refractivity contribution is 5.86. The van der Waals surface area contributed by atoms with E-state index >= 15 is 0 Å². The molecule has 0 bridgehead atoms. The minimum Gasteiger partial charge on any atom is -0.390 e. The predicted molar refractivity (Wildman–Crippen MR) is 155 cm³/mol. The molecule has 4 aromatic rings. The number of hydrogen-bond donors (Lipinski definition) is 1. The lowest BCUT2D eigenvalue weighted by Gasteiger charge is -2.37. The van der Waals surface area contributed by atoms with Gasteiger partial charge in [0.2, 0.25) is 0 Å². The Kier molecular flexibility index (Phi) is 6.92. The summed E-state index contributed by atoms with van der Waals surface area (Å²) in [4.78, 5) is 33.3. The van der Waals surface area contributed by atoms with E-state index in [1.807, 2.05) is 63.7 Å². The molecule has 11 nitrogen and oxygen atoms in total. The number of morpholine rings is 1. The number of rotatable bonds is 6. The number of anilines is 1. The molecule has 0 radical (unpaired) electrons. The van der Waals surface area contributed by atoms with Gasteiger partial charge in [-0.2, -0.15) is 9.97 Å². The second-order valence-electron chi connectivity index (χ2n) is 12.0. The third-order valence-electron chi connectivity index (χ3n) is 8.51. The normalized spacial score (nSPS) is 18.0. The number of benzene rings is 1. The lowest BCUT2D eigenvalue weighted by Crippen LogP contribution is -2.41. The van der Waals surface area contributed by atoms with Gasteiger partial charge in [0, 0.05) is 26.2 Å². The molecular formula is C29H40N8O3. The molecule has 0 unspecified atom stereocenters. The number of aliphatic hydroxyl groups is 1. The van der Waals surface area contributed by atoms with E-state index in [0.29, 0.717) is 50.1 Å². The molecule has 0 aliphatic carbocycles. The third kappa shape index (κ3) is 4.69. The first-order valence-corrected chi connectivity index (χ1v) is 14.4. The molecule has 0 spiro atoms. The summed E-state index contributed by atoms with van der Waals surface area (Å²) < 4.78 is 11.3. The molecule has 0 saturated carbocycles. The van der Waals surface area contributed by atoms with Gasteiger partial charge in [-0.1, -0.05) is 12.1 Å². The van der Waals surface area contributed by atoms with E-state index in [9.17, 15) is 9.90 Å². The van der Waals surface area contributed by atoms with Crippen LogP contribution in [0.5, 0.6) is 0 Å². The maximum atomic E-state index is 13.4. The van der Waals surface area contributed by atoms with Crippen LogP contribution in [-0.2, 0) is 18.3 Å². The lowest BCUT2D eigenvalue weighted by molar-refractivity contribution is -0.0139. The molecule has 3 aromatic heterocycles. The second kappa shape index (κ2) is 10.3.